The number of amides is 1. The van der Waals surface area contributed by atoms with Crippen LogP contribution in [0.25, 0.3) is 0 Å². The van der Waals surface area contributed by atoms with Gasteiger partial charge in [-0.1, -0.05) is 23.2 Å². The highest BCUT2D eigenvalue weighted by Crippen LogP contribution is 2.26. The molecule has 2 rings (SSSR count). The van der Waals surface area contributed by atoms with E-state index in [0.717, 1.165) is 6.07 Å². The first-order valence-electron chi connectivity index (χ1n) is 6.15. The van der Waals surface area contributed by atoms with Crippen molar-refractivity contribution in [1.82, 2.24) is 4.90 Å². The van der Waals surface area contributed by atoms with E-state index in [2.05, 4.69) is 0 Å². The van der Waals surface area contributed by atoms with Crippen molar-refractivity contribution < 1.29 is 23.8 Å². The molecule has 1 aliphatic rings. The van der Waals surface area contributed by atoms with E-state index >= 15 is 0 Å². The summed E-state index contributed by atoms with van der Waals surface area (Å²) in [4.78, 5) is 24.4. The molecular formula is C13H12Cl2FNO4. The number of benzene rings is 1. The van der Waals surface area contributed by atoms with Crippen LogP contribution in [0.4, 0.5) is 4.39 Å². The van der Waals surface area contributed by atoms with Crippen LogP contribution in [-0.4, -0.2) is 47.7 Å². The van der Waals surface area contributed by atoms with Gasteiger partial charge in [-0.05, 0) is 12.1 Å². The van der Waals surface area contributed by atoms with Gasteiger partial charge in [-0.15, -0.1) is 0 Å². The van der Waals surface area contributed by atoms with E-state index in [9.17, 15) is 14.0 Å². The largest absolute Gasteiger partial charge is 0.481 e. The Hall–Kier alpha value is -1.37. The second kappa shape index (κ2) is 6.60. The standard InChI is InChI=1S/C13H12Cl2FNO4/c14-9-5-10(15)11(16)4-8(9)13(20)17-1-2-21-7(6-17)3-12(18)19/h4-5,7H,1-3,6H2,(H,18,19). The Bertz CT molecular complexity index is 582. The van der Waals surface area contributed by atoms with Crippen LogP contribution in [0, 0.1) is 5.82 Å². The number of aliphatic carboxylic acids is 1. The second-order valence-electron chi connectivity index (χ2n) is 4.59. The number of carbonyl (C=O) groups is 2. The number of nitrogens with zero attached hydrogens (tertiary/aromatic N) is 1. The summed E-state index contributed by atoms with van der Waals surface area (Å²) in [5.74, 6) is -2.22. The first kappa shape index (κ1) is 16.0. The van der Waals surface area contributed by atoms with E-state index in [1.807, 2.05) is 0 Å². The van der Waals surface area contributed by atoms with Crippen molar-refractivity contribution in [2.45, 2.75) is 12.5 Å². The lowest BCUT2D eigenvalue weighted by atomic mass is 10.1. The van der Waals surface area contributed by atoms with Gasteiger partial charge in [-0.25, -0.2) is 4.39 Å². The third-order valence-electron chi connectivity index (χ3n) is 3.07. The zero-order valence-electron chi connectivity index (χ0n) is 10.8. The summed E-state index contributed by atoms with van der Waals surface area (Å²) >= 11 is 11.5. The Labute approximate surface area is 130 Å². The molecule has 114 valence electrons. The van der Waals surface area contributed by atoms with Gasteiger partial charge in [0.2, 0.25) is 0 Å². The van der Waals surface area contributed by atoms with Crippen LogP contribution in [0.15, 0.2) is 12.1 Å². The Balaban J connectivity index is 2.16. The van der Waals surface area contributed by atoms with Crippen molar-refractivity contribution in [2.24, 2.45) is 0 Å². The maximum absolute atomic E-state index is 13.5. The quantitative estimate of drug-likeness (QED) is 0.861. The maximum Gasteiger partial charge on any atom is 0.306 e. The van der Waals surface area contributed by atoms with Gasteiger partial charge in [0.05, 0.1) is 34.7 Å². The molecule has 1 N–H and O–H groups in total. The maximum atomic E-state index is 13.5. The summed E-state index contributed by atoms with van der Waals surface area (Å²) in [6.45, 7) is 0.624. The smallest absolute Gasteiger partial charge is 0.306 e. The first-order valence-corrected chi connectivity index (χ1v) is 6.91. The third-order valence-corrected chi connectivity index (χ3v) is 3.67. The van der Waals surface area contributed by atoms with Crippen molar-refractivity contribution >= 4 is 35.1 Å². The summed E-state index contributed by atoms with van der Waals surface area (Å²) in [5.41, 5.74) is -0.00505. The number of carbonyl (C=O) groups excluding carboxylic acids is 1. The molecule has 1 atom stereocenters. The fraction of sp³-hybridized carbons (Fsp3) is 0.385. The van der Waals surface area contributed by atoms with Gasteiger partial charge in [0.1, 0.15) is 5.82 Å². The first-order chi connectivity index (χ1) is 9.88. The molecule has 0 aliphatic carbocycles. The van der Waals surface area contributed by atoms with Gasteiger partial charge >= 0.3 is 5.97 Å². The molecule has 0 aromatic heterocycles. The molecule has 1 fully saturated rings. The van der Waals surface area contributed by atoms with Crippen molar-refractivity contribution in [1.29, 1.82) is 0 Å². The normalized spacial score (nSPS) is 18.6. The number of carboxylic acids is 1. The van der Waals surface area contributed by atoms with Crippen molar-refractivity contribution in [3.05, 3.63) is 33.6 Å². The van der Waals surface area contributed by atoms with E-state index in [1.54, 1.807) is 0 Å². The number of carboxylic acid groups (broad SMARTS) is 1. The average molecular weight is 336 g/mol. The molecule has 21 heavy (non-hydrogen) atoms. The van der Waals surface area contributed by atoms with Crippen LogP contribution < -0.4 is 0 Å². The average Bonchev–Trinajstić information content (AvgIpc) is 2.41. The Morgan fingerprint density at radius 3 is 2.76 bits per heavy atom. The molecule has 8 heteroatoms. The second-order valence-corrected chi connectivity index (χ2v) is 5.40. The summed E-state index contributed by atoms with van der Waals surface area (Å²) in [6, 6.07) is 2.15. The van der Waals surface area contributed by atoms with E-state index in [1.165, 1.54) is 11.0 Å². The molecule has 0 radical (unpaired) electrons. The highest BCUT2D eigenvalue weighted by atomic mass is 35.5. The van der Waals surface area contributed by atoms with Gasteiger partial charge in [-0.2, -0.15) is 0 Å². The molecule has 1 saturated heterocycles. The molecular weight excluding hydrogens is 324 g/mol. The van der Waals surface area contributed by atoms with Crippen LogP contribution in [0.1, 0.15) is 16.8 Å². The molecule has 1 heterocycles. The molecule has 5 nitrogen and oxygen atoms in total. The fourth-order valence-corrected chi connectivity index (χ4v) is 2.54. The molecule has 1 aromatic rings. The molecule has 0 saturated carbocycles. The van der Waals surface area contributed by atoms with Gasteiger partial charge in [-0.3, -0.25) is 9.59 Å². The number of hydrogen-bond acceptors (Lipinski definition) is 3. The van der Waals surface area contributed by atoms with Crippen molar-refractivity contribution in [3.63, 3.8) is 0 Å². The molecule has 0 spiro atoms. The van der Waals surface area contributed by atoms with Crippen LogP contribution in [0.3, 0.4) is 0 Å². The molecule has 0 bridgehead atoms. The van der Waals surface area contributed by atoms with Crippen LogP contribution >= 0.6 is 23.2 Å². The fourth-order valence-electron chi connectivity index (χ4n) is 2.08. The van der Waals surface area contributed by atoms with Crippen LogP contribution in [-0.2, 0) is 9.53 Å². The Kier molecular flexibility index (Phi) is 5.03. The highest BCUT2D eigenvalue weighted by Gasteiger charge is 2.28. The van der Waals surface area contributed by atoms with E-state index in [4.69, 9.17) is 33.0 Å². The number of ether oxygens (including phenoxy) is 1. The number of morpholine rings is 1. The number of rotatable bonds is 3. The lowest BCUT2D eigenvalue weighted by Crippen LogP contribution is -2.46. The van der Waals surface area contributed by atoms with Gasteiger partial charge < -0.3 is 14.7 Å². The Morgan fingerprint density at radius 1 is 1.38 bits per heavy atom. The molecule has 1 aliphatic heterocycles. The summed E-state index contributed by atoms with van der Waals surface area (Å²) in [6.07, 6.45) is -0.789. The van der Waals surface area contributed by atoms with Crippen molar-refractivity contribution in [2.75, 3.05) is 19.7 Å². The number of hydrogen-bond donors (Lipinski definition) is 1. The minimum absolute atomic E-state index is 0.00505. The topological polar surface area (TPSA) is 66.8 Å². The zero-order chi connectivity index (χ0) is 15.6. The summed E-state index contributed by atoms with van der Waals surface area (Å²) < 4.78 is 18.7. The lowest BCUT2D eigenvalue weighted by molar-refractivity contribution is -0.141. The Morgan fingerprint density at radius 2 is 2.10 bits per heavy atom. The molecule has 1 unspecified atom stereocenters. The van der Waals surface area contributed by atoms with E-state index in [0.29, 0.717) is 0 Å². The molecule has 1 aromatic carbocycles. The summed E-state index contributed by atoms with van der Waals surface area (Å²) in [7, 11) is 0. The SMILES string of the molecule is O=C(O)CC1CN(C(=O)c2cc(F)c(Cl)cc2Cl)CCO1. The zero-order valence-corrected chi connectivity index (χ0v) is 12.3. The predicted octanol–water partition coefficient (Wildman–Crippen LogP) is 2.45. The van der Waals surface area contributed by atoms with Gasteiger partial charge in [0, 0.05) is 13.1 Å². The predicted molar refractivity (Wildman–Crippen MR) is 74.3 cm³/mol. The van der Waals surface area contributed by atoms with Crippen LogP contribution in [0.2, 0.25) is 10.0 Å². The van der Waals surface area contributed by atoms with E-state index < -0.39 is 23.8 Å². The minimum Gasteiger partial charge on any atom is -0.481 e. The number of halogens is 3. The third kappa shape index (κ3) is 3.84. The monoisotopic (exact) mass is 335 g/mol. The van der Waals surface area contributed by atoms with Gasteiger partial charge in [0.25, 0.3) is 5.91 Å². The van der Waals surface area contributed by atoms with Gasteiger partial charge in [0.15, 0.2) is 0 Å². The summed E-state index contributed by atoms with van der Waals surface area (Å²) in [5, 5.41) is 8.63. The minimum atomic E-state index is -1.01. The lowest BCUT2D eigenvalue weighted by Gasteiger charge is -2.32. The van der Waals surface area contributed by atoms with E-state index in [-0.39, 0.29) is 41.7 Å². The molecule has 1 amide bonds. The van der Waals surface area contributed by atoms with Crippen LogP contribution in [0.5, 0.6) is 0 Å². The highest BCUT2D eigenvalue weighted by molar-refractivity contribution is 6.36. The van der Waals surface area contributed by atoms with Crippen molar-refractivity contribution in [3.8, 4) is 0 Å².